The minimum absolute atomic E-state index is 0.00781. The average molecular weight is 288 g/mol. The molecule has 3 N–H and O–H groups in total. The van der Waals surface area contributed by atoms with Gasteiger partial charge in [-0.1, -0.05) is 43.2 Å². The number of primary amides is 1. The molecule has 4 heteroatoms. The highest BCUT2D eigenvalue weighted by atomic mass is 16.2. The van der Waals surface area contributed by atoms with Crippen LogP contribution in [0.2, 0.25) is 0 Å². The fourth-order valence-electron chi connectivity index (χ4n) is 3.07. The summed E-state index contributed by atoms with van der Waals surface area (Å²) in [6.45, 7) is 0.649. The molecule has 0 radical (unpaired) electrons. The number of amides is 2. The normalized spacial score (nSPS) is 21.7. The van der Waals surface area contributed by atoms with Crippen molar-refractivity contribution in [2.45, 2.75) is 38.5 Å². The Morgan fingerprint density at radius 3 is 2.43 bits per heavy atom. The number of nitrogens with one attached hydrogen (secondary N) is 1. The van der Waals surface area contributed by atoms with Crippen LogP contribution in [0.25, 0.3) is 0 Å². The number of carbonyl (C=O) groups excluding carboxylic acids is 2. The summed E-state index contributed by atoms with van der Waals surface area (Å²) < 4.78 is 0. The number of hydrogen-bond acceptors (Lipinski definition) is 2. The molecule has 0 saturated heterocycles. The van der Waals surface area contributed by atoms with Gasteiger partial charge >= 0.3 is 0 Å². The molecule has 0 heterocycles. The summed E-state index contributed by atoms with van der Waals surface area (Å²) in [5.41, 5.74) is 6.68. The lowest BCUT2D eigenvalue weighted by molar-refractivity contribution is -0.134. The highest BCUT2D eigenvalue weighted by Gasteiger charge is 2.34. The van der Waals surface area contributed by atoms with Crippen LogP contribution in [0.4, 0.5) is 0 Å². The third kappa shape index (κ3) is 4.59. The van der Waals surface area contributed by atoms with Crippen molar-refractivity contribution in [2.75, 3.05) is 6.54 Å². The van der Waals surface area contributed by atoms with E-state index in [1.54, 1.807) is 0 Å². The first-order valence-corrected chi connectivity index (χ1v) is 7.79. The van der Waals surface area contributed by atoms with Gasteiger partial charge < -0.3 is 11.1 Å². The fourth-order valence-corrected chi connectivity index (χ4v) is 3.07. The van der Waals surface area contributed by atoms with Gasteiger partial charge in [-0.15, -0.1) is 0 Å². The first kappa shape index (κ1) is 15.5. The summed E-state index contributed by atoms with van der Waals surface area (Å²) in [4.78, 5) is 23.6. The van der Waals surface area contributed by atoms with Crippen molar-refractivity contribution in [3.63, 3.8) is 0 Å². The summed E-state index contributed by atoms with van der Waals surface area (Å²) in [5, 5.41) is 2.96. The van der Waals surface area contributed by atoms with Crippen molar-refractivity contribution in [3.05, 3.63) is 35.9 Å². The molecule has 1 aromatic rings. The van der Waals surface area contributed by atoms with Gasteiger partial charge in [-0.3, -0.25) is 9.59 Å². The van der Waals surface area contributed by atoms with Gasteiger partial charge in [0.2, 0.25) is 11.8 Å². The summed E-state index contributed by atoms with van der Waals surface area (Å²) in [6, 6.07) is 10.2. The van der Waals surface area contributed by atoms with E-state index in [4.69, 9.17) is 5.73 Å². The Balaban J connectivity index is 1.74. The molecule has 114 valence electrons. The molecule has 0 aliphatic heterocycles. The van der Waals surface area contributed by atoms with Gasteiger partial charge in [0.05, 0.1) is 0 Å². The Morgan fingerprint density at radius 1 is 1.10 bits per heavy atom. The zero-order valence-electron chi connectivity index (χ0n) is 12.4. The molecular weight excluding hydrogens is 264 g/mol. The number of nitrogens with two attached hydrogens (primary N) is 1. The Bertz CT molecular complexity index is 473. The number of aryl methyl sites for hydroxylation is 1. The van der Waals surface area contributed by atoms with Crippen molar-refractivity contribution in [3.8, 4) is 0 Å². The molecule has 1 fully saturated rings. The zero-order valence-corrected chi connectivity index (χ0v) is 12.4. The quantitative estimate of drug-likeness (QED) is 0.786. The second kappa shape index (κ2) is 7.81. The summed E-state index contributed by atoms with van der Waals surface area (Å²) in [5.74, 6) is -0.855. The molecule has 2 rings (SSSR count). The van der Waals surface area contributed by atoms with Crippen LogP contribution < -0.4 is 11.1 Å². The van der Waals surface area contributed by atoms with E-state index < -0.39 is 0 Å². The van der Waals surface area contributed by atoms with Crippen LogP contribution in [0, 0.1) is 11.8 Å². The Kier molecular flexibility index (Phi) is 5.78. The van der Waals surface area contributed by atoms with Gasteiger partial charge in [-0.25, -0.2) is 0 Å². The fraction of sp³-hybridized carbons (Fsp3) is 0.529. The smallest absolute Gasteiger partial charge is 0.223 e. The van der Waals surface area contributed by atoms with Gasteiger partial charge in [0.25, 0.3) is 0 Å². The standard InChI is InChI=1S/C17H24N2O2/c18-16(20)14-10-4-5-11-15(14)17(21)19-12-6-9-13-7-2-1-3-8-13/h1-3,7-8,14-15H,4-6,9-12H2,(H2,18,20)(H,19,21)/t14-,15+/m0/s1. The van der Waals surface area contributed by atoms with E-state index in [-0.39, 0.29) is 23.7 Å². The topological polar surface area (TPSA) is 72.2 Å². The SMILES string of the molecule is NC(=O)[C@H]1CCCC[C@H]1C(=O)NCCCc1ccccc1. The molecule has 1 aromatic carbocycles. The van der Waals surface area contributed by atoms with E-state index in [9.17, 15) is 9.59 Å². The minimum atomic E-state index is -0.334. The number of carbonyl (C=O) groups is 2. The second-order valence-corrected chi connectivity index (χ2v) is 5.78. The molecule has 0 bridgehead atoms. The van der Waals surface area contributed by atoms with Crippen LogP contribution in [-0.2, 0) is 16.0 Å². The number of hydrogen-bond donors (Lipinski definition) is 2. The predicted octanol–water partition coefficient (Wildman–Crippen LogP) is 2.03. The molecule has 1 aliphatic carbocycles. The highest BCUT2D eigenvalue weighted by molar-refractivity contribution is 5.87. The van der Waals surface area contributed by atoms with E-state index in [0.29, 0.717) is 6.54 Å². The molecule has 0 aromatic heterocycles. The molecule has 21 heavy (non-hydrogen) atoms. The predicted molar refractivity (Wildman–Crippen MR) is 82.4 cm³/mol. The van der Waals surface area contributed by atoms with Crippen LogP contribution in [0.15, 0.2) is 30.3 Å². The third-order valence-electron chi connectivity index (χ3n) is 4.25. The molecule has 0 spiro atoms. The maximum absolute atomic E-state index is 12.2. The first-order chi connectivity index (χ1) is 10.2. The minimum Gasteiger partial charge on any atom is -0.369 e. The molecule has 1 saturated carbocycles. The van der Waals surface area contributed by atoms with Crippen molar-refractivity contribution >= 4 is 11.8 Å². The Labute approximate surface area is 126 Å². The van der Waals surface area contributed by atoms with Crippen molar-refractivity contribution in [2.24, 2.45) is 17.6 Å². The lowest BCUT2D eigenvalue weighted by Gasteiger charge is -2.28. The van der Waals surface area contributed by atoms with E-state index in [1.165, 1.54) is 5.56 Å². The van der Waals surface area contributed by atoms with E-state index in [0.717, 1.165) is 38.5 Å². The van der Waals surface area contributed by atoms with Crippen LogP contribution in [0.3, 0.4) is 0 Å². The van der Waals surface area contributed by atoms with Crippen LogP contribution >= 0.6 is 0 Å². The van der Waals surface area contributed by atoms with Gasteiger partial charge in [0, 0.05) is 18.4 Å². The number of rotatable bonds is 6. The monoisotopic (exact) mass is 288 g/mol. The van der Waals surface area contributed by atoms with Gasteiger partial charge in [0.15, 0.2) is 0 Å². The molecule has 4 nitrogen and oxygen atoms in total. The molecule has 1 aliphatic rings. The van der Waals surface area contributed by atoms with Gasteiger partial charge in [0.1, 0.15) is 0 Å². The first-order valence-electron chi connectivity index (χ1n) is 7.79. The lowest BCUT2D eigenvalue weighted by atomic mass is 9.78. The zero-order chi connectivity index (χ0) is 15.1. The highest BCUT2D eigenvalue weighted by Crippen LogP contribution is 2.29. The molecule has 2 atom stereocenters. The van der Waals surface area contributed by atoms with E-state index >= 15 is 0 Å². The Hall–Kier alpha value is -1.84. The van der Waals surface area contributed by atoms with Crippen LogP contribution in [-0.4, -0.2) is 18.4 Å². The van der Waals surface area contributed by atoms with Crippen LogP contribution in [0.5, 0.6) is 0 Å². The van der Waals surface area contributed by atoms with Crippen LogP contribution in [0.1, 0.15) is 37.7 Å². The third-order valence-corrected chi connectivity index (χ3v) is 4.25. The largest absolute Gasteiger partial charge is 0.369 e. The van der Waals surface area contributed by atoms with E-state index in [1.807, 2.05) is 18.2 Å². The van der Waals surface area contributed by atoms with Crippen molar-refractivity contribution in [1.29, 1.82) is 0 Å². The molecule has 0 unspecified atom stereocenters. The van der Waals surface area contributed by atoms with Crippen molar-refractivity contribution in [1.82, 2.24) is 5.32 Å². The second-order valence-electron chi connectivity index (χ2n) is 5.78. The van der Waals surface area contributed by atoms with Gasteiger partial charge in [-0.2, -0.15) is 0 Å². The summed E-state index contributed by atoms with van der Waals surface area (Å²) in [7, 11) is 0. The lowest BCUT2D eigenvalue weighted by Crippen LogP contribution is -2.42. The maximum Gasteiger partial charge on any atom is 0.223 e. The van der Waals surface area contributed by atoms with E-state index in [2.05, 4.69) is 17.4 Å². The molecular formula is C17H24N2O2. The summed E-state index contributed by atoms with van der Waals surface area (Å²) in [6.07, 6.45) is 5.38. The summed E-state index contributed by atoms with van der Waals surface area (Å²) >= 11 is 0. The maximum atomic E-state index is 12.2. The number of benzene rings is 1. The van der Waals surface area contributed by atoms with Crippen molar-refractivity contribution < 1.29 is 9.59 Å². The average Bonchev–Trinajstić information content (AvgIpc) is 2.52. The Morgan fingerprint density at radius 2 is 1.76 bits per heavy atom. The molecule has 2 amide bonds. The van der Waals surface area contributed by atoms with Gasteiger partial charge in [-0.05, 0) is 31.2 Å².